The maximum absolute atomic E-state index is 13.8. The van der Waals surface area contributed by atoms with Crippen molar-refractivity contribution in [3.63, 3.8) is 0 Å². The number of nitrogens with zero attached hydrogens (tertiary/aromatic N) is 1. The minimum Gasteiger partial charge on any atom is -0.396 e. The summed E-state index contributed by atoms with van der Waals surface area (Å²) in [6.07, 6.45) is 0.474. The van der Waals surface area contributed by atoms with Crippen LogP contribution in [0.3, 0.4) is 0 Å². The van der Waals surface area contributed by atoms with Crippen molar-refractivity contribution in [2.24, 2.45) is 5.41 Å². The van der Waals surface area contributed by atoms with E-state index in [0.29, 0.717) is 19.5 Å². The summed E-state index contributed by atoms with van der Waals surface area (Å²) in [4.78, 5) is 13.8. The maximum atomic E-state index is 13.8. The highest BCUT2D eigenvalue weighted by Gasteiger charge is 2.21. The number of carbonyl (C=O) groups is 1. The average molecular weight is 317 g/mol. The van der Waals surface area contributed by atoms with Gasteiger partial charge in [-0.3, -0.25) is 0 Å². The number of aliphatic hydroxyl groups is 1. The summed E-state index contributed by atoms with van der Waals surface area (Å²) in [6.45, 7) is 6.92. The van der Waals surface area contributed by atoms with E-state index in [-0.39, 0.29) is 22.7 Å². The van der Waals surface area contributed by atoms with Gasteiger partial charge in [0.05, 0.1) is 10.7 Å². The Labute approximate surface area is 129 Å². The van der Waals surface area contributed by atoms with E-state index in [4.69, 9.17) is 16.7 Å². The number of urea groups is 1. The molecule has 0 bridgehead atoms. The van der Waals surface area contributed by atoms with Gasteiger partial charge in [0.25, 0.3) is 0 Å². The third kappa shape index (κ3) is 5.89. The highest BCUT2D eigenvalue weighted by atomic mass is 35.5. The molecule has 0 aliphatic heterocycles. The molecule has 0 radical (unpaired) electrons. The van der Waals surface area contributed by atoms with Gasteiger partial charge in [0.15, 0.2) is 5.82 Å². The van der Waals surface area contributed by atoms with Crippen LogP contribution in [0.1, 0.15) is 27.2 Å². The van der Waals surface area contributed by atoms with Crippen molar-refractivity contribution < 1.29 is 14.3 Å². The third-order valence-corrected chi connectivity index (χ3v) is 3.02. The lowest BCUT2D eigenvalue weighted by Crippen LogP contribution is -2.41. The summed E-state index contributed by atoms with van der Waals surface area (Å²) in [6, 6.07) is 4.05. The topological polar surface area (TPSA) is 52.6 Å². The third-order valence-electron chi connectivity index (χ3n) is 2.73. The molecular formula is C15H22ClFN2O2. The normalized spacial score (nSPS) is 11.3. The molecule has 2 N–H and O–H groups in total. The molecule has 0 aromatic heterocycles. The van der Waals surface area contributed by atoms with Crippen molar-refractivity contribution in [3.05, 3.63) is 29.0 Å². The minimum atomic E-state index is -0.648. The second kappa shape index (κ2) is 7.61. The molecule has 1 rings (SSSR count). The number of carbonyl (C=O) groups excluding carboxylic acids is 1. The number of rotatable bonds is 5. The fraction of sp³-hybridized carbons (Fsp3) is 0.533. The van der Waals surface area contributed by atoms with E-state index < -0.39 is 11.8 Å². The van der Waals surface area contributed by atoms with Crippen LogP contribution in [0.4, 0.5) is 14.9 Å². The quantitative estimate of drug-likeness (QED) is 0.869. The Morgan fingerprint density at radius 3 is 2.67 bits per heavy atom. The average Bonchev–Trinajstić information content (AvgIpc) is 2.38. The van der Waals surface area contributed by atoms with E-state index in [9.17, 15) is 9.18 Å². The van der Waals surface area contributed by atoms with Gasteiger partial charge in [-0.05, 0) is 24.0 Å². The van der Waals surface area contributed by atoms with Gasteiger partial charge >= 0.3 is 6.03 Å². The molecule has 1 aromatic carbocycles. The number of hydrogen-bond donors (Lipinski definition) is 2. The Kier molecular flexibility index (Phi) is 6.42. The molecule has 1 aromatic rings. The van der Waals surface area contributed by atoms with Gasteiger partial charge in [0, 0.05) is 19.7 Å². The number of aliphatic hydroxyl groups excluding tert-OH is 1. The molecule has 0 saturated carbocycles. The fourth-order valence-electron chi connectivity index (χ4n) is 1.88. The van der Waals surface area contributed by atoms with Crippen LogP contribution < -0.4 is 5.32 Å². The van der Waals surface area contributed by atoms with E-state index in [2.05, 4.69) is 5.32 Å². The Hall–Kier alpha value is -1.33. The van der Waals surface area contributed by atoms with Crippen molar-refractivity contribution in [1.82, 2.24) is 4.90 Å². The van der Waals surface area contributed by atoms with Gasteiger partial charge < -0.3 is 15.3 Å². The molecule has 6 heteroatoms. The largest absolute Gasteiger partial charge is 0.396 e. The number of amides is 2. The molecule has 0 atom stereocenters. The highest BCUT2D eigenvalue weighted by Crippen LogP contribution is 2.23. The molecule has 2 amide bonds. The van der Waals surface area contributed by atoms with Crippen LogP contribution in [-0.2, 0) is 0 Å². The van der Waals surface area contributed by atoms with Gasteiger partial charge in [-0.25, -0.2) is 9.18 Å². The van der Waals surface area contributed by atoms with Crippen LogP contribution in [-0.4, -0.2) is 35.7 Å². The zero-order valence-corrected chi connectivity index (χ0v) is 13.4. The molecule has 0 aliphatic rings. The van der Waals surface area contributed by atoms with E-state index in [1.165, 1.54) is 12.1 Å². The summed E-state index contributed by atoms with van der Waals surface area (Å²) in [5, 5.41) is 11.4. The van der Waals surface area contributed by atoms with Crippen molar-refractivity contribution in [2.45, 2.75) is 27.2 Å². The first-order valence-electron chi connectivity index (χ1n) is 6.85. The fourth-order valence-corrected chi connectivity index (χ4v) is 2.06. The smallest absolute Gasteiger partial charge is 0.321 e. The van der Waals surface area contributed by atoms with Gasteiger partial charge in [0.2, 0.25) is 0 Å². The van der Waals surface area contributed by atoms with Crippen molar-refractivity contribution >= 4 is 23.3 Å². The first-order chi connectivity index (χ1) is 9.74. The monoisotopic (exact) mass is 316 g/mol. The van der Waals surface area contributed by atoms with Gasteiger partial charge in [0.1, 0.15) is 0 Å². The molecule has 4 nitrogen and oxygen atoms in total. The van der Waals surface area contributed by atoms with Crippen LogP contribution in [0.5, 0.6) is 0 Å². The molecule has 0 spiro atoms. The number of nitrogens with one attached hydrogen (secondary N) is 1. The molecule has 0 heterocycles. The van der Waals surface area contributed by atoms with Crippen LogP contribution in [0.2, 0.25) is 5.02 Å². The van der Waals surface area contributed by atoms with Crippen LogP contribution in [0, 0.1) is 11.2 Å². The maximum Gasteiger partial charge on any atom is 0.321 e. The molecule has 21 heavy (non-hydrogen) atoms. The number of halogens is 2. The summed E-state index contributed by atoms with van der Waals surface area (Å²) in [5.41, 5.74) is -0.0462. The Balaban J connectivity index is 2.82. The summed E-state index contributed by atoms with van der Waals surface area (Å²) in [5.74, 6) is -0.648. The molecule has 0 fully saturated rings. The Bertz CT molecular complexity index is 489. The second-order valence-electron chi connectivity index (χ2n) is 6.09. The standard InChI is InChI=1S/C15H22ClFN2O2/c1-15(2,3)10-19(8-5-9-20)14(21)18-12-7-4-6-11(16)13(12)17/h4,6-7,20H,5,8-10H2,1-3H3,(H,18,21). The SMILES string of the molecule is CC(C)(C)CN(CCCO)C(=O)Nc1cccc(Cl)c1F. The molecule has 0 aliphatic carbocycles. The molecule has 0 unspecified atom stereocenters. The second-order valence-corrected chi connectivity index (χ2v) is 6.50. The molecule has 0 saturated heterocycles. The zero-order chi connectivity index (χ0) is 16.0. The van der Waals surface area contributed by atoms with E-state index >= 15 is 0 Å². The van der Waals surface area contributed by atoms with E-state index in [0.717, 1.165) is 0 Å². The van der Waals surface area contributed by atoms with Crippen molar-refractivity contribution in [2.75, 3.05) is 25.0 Å². The lowest BCUT2D eigenvalue weighted by atomic mass is 9.96. The first-order valence-corrected chi connectivity index (χ1v) is 7.23. The first kappa shape index (κ1) is 17.7. The summed E-state index contributed by atoms with van der Waals surface area (Å²) in [7, 11) is 0. The molecular weight excluding hydrogens is 295 g/mol. The summed E-state index contributed by atoms with van der Waals surface area (Å²) >= 11 is 5.69. The van der Waals surface area contributed by atoms with Crippen molar-refractivity contribution in [3.8, 4) is 0 Å². The molecule has 118 valence electrons. The van der Waals surface area contributed by atoms with Crippen molar-refractivity contribution in [1.29, 1.82) is 0 Å². The lowest BCUT2D eigenvalue weighted by Gasteiger charge is -2.30. The Morgan fingerprint density at radius 2 is 2.10 bits per heavy atom. The predicted molar refractivity (Wildman–Crippen MR) is 83.2 cm³/mol. The Morgan fingerprint density at radius 1 is 1.43 bits per heavy atom. The van der Waals surface area contributed by atoms with Crippen LogP contribution in [0.25, 0.3) is 0 Å². The lowest BCUT2D eigenvalue weighted by molar-refractivity contribution is 0.176. The summed E-state index contributed by atoms with van der Waals surface area (Å²) < 4.78 is 13.8. The van der Waals surface area contributed by atoms with Crippen LogP contribution in [0.15, 0.2) is 18.2 Å². The number of anilines is 1. The zero-order valence-electron chi connectivity index (χ0n) is 12.6. The van der Waals surface area contributed by atoms with Crippen LogP contribution >= 0.6 is 11.6 Å². The van der Waals surface area contributed by atoms with Gasteiger partial charge in [-0.15, -0.1) is 0 Å². The van der Waals surface area contributed by atoms with Gasteiger partial charge in [-0.2, -0.15) is 0 Å². The predicted octanol–water partition coefficient (Wildman–Crippen LogP) is 3.74. The van der Waals surface area contributed by atoms with Gasteiger partial charge in [-0.1, -0.05) is 38.4 Å². The number of benzene rings is 1. The highest BCUT2D eigenvalue weighted by molar-refractivity contribution is 6.31. The minimum absolute atomic E-state index is 0.000547. The van der Waals surface area contributed by atoms with E-state index in [1.54, 1.807) is 11.0 Å². The number of hydrogen-bond acceptors (Lipinski definition) is 2. The van der Waals surface area contributed by atoms with E-state index in [1.807, 2.05) is 20.8 Å².